The minimum absolute atomic E-state index is 0.105. The van der Waals surface area contributed by atoms with E-state index >= 15 is 0 Å². The summed E-state index contributed by atoms with van der Waals surface area (Å²) >= 11 is 9.19. The minimum atomic E-state index is -1.07. The van der Waals surface area contributed by atoms with Crippen molar-refractivity contribution in [3.63, 3.8) is 0 Å². The number of aromatic hydroxyl groups is 1. The van der Waals surface area contributed by atoms with Gasteiger partial charge in [0.1, 0.15) is 11.5 Å². The Labute approximate surface area is 195 Å². The topological polar surface area (TPSA) is 113 Å². The number of carbonyl (C=O) groups excluding carboxylic acids is 2. The number of amides is 1. The molecular weight excluding hydrogens is 504 g/mol. The molecule has 1 aromatic heterocycles. The predicted molar refractivity (Wildman–Crippen MR) is 120 cm³/mol. The monoisotopic (exact) mass is 518 g/mol. The molecule has 0 saturated carbocycles. The molecule has 2 heterocycles. The van der Waals surface area contributed by atoms with Crippen molar-refractivity contribution in [3.05, 3.63) is 74.4 Å². The van der Waals surface area contributed by atoms with Gasteiger partial charge in [0.05, 0.1) is 23.2 Å². The van der Waals surface area contributed by atoms with E-state index in [1.165, 1.54) is 37.4 Å². The summed E-state index contributed by atoms with van der Waals surface area (Å²) in [5.74, 6) is -1.66. The number of carbonyl (C=O) groups is 2. The van der Waals surface area contributed by atoms with E-state index in [9.17, 15) is 19.8 Å². The number of aliphatic hydroxyl groups excluding tert-OH is 1. The fourth-order valence-corrected chi connectivity index (χ4v) is 4.11. The maximum Gasteiger partial charge on any atom is 0.301 e. The summed E-state index contributed by atoms with van der Waals surface area (Å²) in [5.41, 5.74) is 0.540. The van der Waals surface area contributed by atoms with Crippen LogP contribution in [0.3, 0.4) is 0 Å². The highest BCUT2D eigenvalue weighted by molar-refractivity contribution is 9.10. The van der Waals surface area contributed by atoms with E-state index in [4.69, 9.17) is 20.9 Å². The quantitative estimate of drug-likeness (QED) is 0.291. The third-order valence-corrected chi connectivity index (χ3v) is 5.87. The number of nitrogens with zero attached hydrogens (tertiary/aromatic N) is 2. The van der Waals surface area contributed by atoms with Gasteiger partial charge in [0.15, 0.2) is 17.3 Å². The second kappa shape index (κ2) is 8.33. The van der Waals surface area contributed by atoms with Crippen molar-refractivity contribution in [2.75, 3.05) is 12.0 Å². The van der Waals surface area contributed by atoms with Crippen molar-refractivity contribution in [3.8, 4) is 11.5 Å². The molecule has 4 rings (SSSR count). The molecule has 3 aromatic rings. The number of ether oxygens (including phenoxy) is 1. The molecule has 1 aliphatic heterocycles. The van der Waals surface area contributed by atoms with E-state index in [2.05, 4.69) is 21.1 Å². The fraction of sp³-hybridized carbons (Fsp3) is 0.136. The Kier molecular flexibility index (Phi) is 5.70. The number of aromatic nitrogens is 1. The third-order valence-electron chi connectivity index (χ3n) is 5.01. The normalized spacial score (nSPS) is 17.8. The van der Waals surface area contributed by atoms with Crippen LogP contribution in [0.1, 0.15) is 22.9 Å². The first-order valence-electron chi connectivity index (χ1n) is 9.29. The number of hydrogen-bond acceptors (Lipinski definition) is 7. The maximum atomic E-state index is 13.1. The van der Waals surface area contributed by atoms with E-state index in [0.717, 1.165) is 4.90 Å². The molecule has 2 N–H and O–H groups in total. The zero-order chi connectivity index (χ0) is 23.2. The molecule has 0 aliphatic carbocycles. The number of Topliss-reactive ketones (excluding diaryl/α,β-unsaturated/α-hetero) is 1. The lowest BCUT2D eigenvalue weighted by molar-refractivity contribution is -0.132. The van der Waals surface area contributed by atoms with E-state index in [1.54, 1.807) is 19.1 Å². The number of hydrogen-bond donors (Lipinski definition) is 2. The van der Waals surface area contributed by atoms with Crippen LogP contribution in [0.25, 0.3) is 5.76 Å². The molecule has 1 saturated heterocycles. The lowest BCUT2D eigenvalue weighted by atomic mass is 9.95. The average molecular weight is 520 g/mol. The van der Waals surface area contributed by atoms with Crippen LogP contribution in [0, 0.1) is 6.92 Å². The van der Waals surface area contributed by atoms with Crippen LogP contribution in [-0.2, 0) is 9.59 Å². The van der Waals surface area contributed by atoms with Gasteiger partial charge in [0.25, 0.3) is 5.78 Å². The minimum Gasteiger partial charge on any atom is -0.507 e. The molecule has 164 valence electrons. The molecule has 2 aromatic carbocycles. The summed E-state index contributed by atoms with van der Waals surface area (Å²) in [6.07, 6.45) is 0. The molecule has 0 radical (unpaired) electrons. The number of phenolic OH excluding ortho intramolecular Hbond substituents is 1. The Hall–Kier alpha value is -3.30. The van der Waals surface area contributed by atoms with Gasteiger partial charge in [0.2, 0.25) is 0 Å². The summed E-state index contributed by atoms with van der Waals surface area (Å²) in [4.78, 5) is 27.3. The number of rotatable bonds is 4. The van der Waals surface area contributed by atoms with Gasteiger partial charge in [-0.3, -0.25) is 14.5 Å². The Morgan fingerprint density at radius 3 is 2.50 bits per heavy atom. The summed E-state index contributed by atoms with van der Waals surface area (Å²) in [6.45, 7) is 1.65. The second-order valence-electron chi connectivity index (χ2n) is 7.03. The maximum absolute atomic E-state index is 13.1. The molecular formula is C22H16BrClN2O6. The first kappa shape index (κ1) is 21.9. The van der Waals surface area contributed by atoms with Crippen LogP contribution in [0.2, 0.25) is 5.02 Å². The van der Waals surface area contributed by atoms with Crippen molar-refractivity contribution >= 4 is 50.8 Å². The number of halogens is 2. The molecule has 1 fully saturated rings. The average Bonchev–Trinajstić information content (AvgIpc) is 3.31. The molecule has 0 spiro atoms. The Bertz CT molecular complexity index is 1270. The molecule has 8 nitrogen and oxygen atoms in total. The summed E-state index contributed by atoms with van der Waals surface area (Å²) in [5, 5.41) is 25.6. The van der Waals surface area contributed by atoms with Crippen molar-refractivity contribution in [2.45, 2.75) is 13.0 Å². The molecule has 1 aliphatic rings. The first-order valence-corrected chi connectivity index (χ1v) is 10.5. The molecule has 1 unspecified atom stereocenters. The zero-order valence-corrected chi connectivity index (χ0v) is 19.1. The molecule has 1 amide bonds. The number of aliphatic hydroxyl groups is 1. The summed E-state index contributed by atoms with van der Waals surface area (Å²) < 4.78 is 10.6. The standard InChI is InChI=1S/C22H16BrClN2O6/c1-10-7-16(25-32-10)26-18(12-8-14(23)20(28)15(9-12)31-2)17(21(29)22(26)30)19(27)11-3-5-13(24)6-4-11/h3-9,18,27-28H,1-2H3/b19-17-. The molecule has 32 heavy (non-hydrogen) atoms. The van der Waals surface area contributed by atoms with Crippen molar-refractivity contribution < 1.29 is 29.1 Å². The zero-order valence-electron chi connectivity index (χ0n) is 16.8. The number of benzene rings is 2. The van der Waals surface area contributed by atoms with E-state index in [-0.39, 0.29) is 33.1 Å². The van der Waals surface area contributed by atoms with Gasteiger partial charge >= 0.3 is 5.91 Å². The highest BCUT2D eigenvalue weighted by atomic mass is 79.9. The van der Waals surface area contributed by atoms with Gasteiger partial charge in [-0.25, -0.2) is 0 Å². The van der Waals surface area contributed by atoms with Crippen LogP contribution in [0.4, 0.5) is 5.82 Å². The van der Waals surface area contributed by atoms with Crippen molar-refractivity contribution in [1.29, 1.82) is 0 Å². The van der Waals surface area contributed by atoms with E-state index in [0.29, 0.717) is 21.9 Å². The molecule has 10 heteroatoms. The smallest absolute Gasteiger partial charge is 0.301 e. The van der Waals surface area contributed by atoms with Gasteiger partial charge in [0, 0.05) is 16.7 Å². The van der Waals surface area contributed by atoms with Crippen LogP contribution in [0.5, 0.6) is 11.5 Å². The van der Waals surface area contributed by atoms with Crippen LogP contribution < -0.4 is 9.64 Å². The highest BCUT2D eigenvalue weighted by Gasteiger charge is 2.48. The number of phenols is 1. The number of methoxy groups -OCH3 is 1. The van der Waals surface area contributed by atoms with Gasteiger partial charge in [-0.2, -0.15) is 0 Å². The first-order chi connectivity index (χ1) is 15.2. The van der Waals surface area contributed by atoms with Gasteiger partial charge in [-0.15, -0.1) is 0 Å². The molecule has 0 bridgehead atoms. The van der Waals surface area contributed by atoms with Gasteiger partial charge < -0.3 is 19.5 Å². The SMILES string of the molecule is COc1cc(C2/C(=C(/O)c3ccc(Cl)cc3)C(=O)C(=O)N2c2cc(C)on2)cc(Br)c1O. The number of anilines is 1. The van der Waals surface area contributed by atoms with Gasteiger partial charge in [-0.05, 0) is 64.8 Å². The largest absolute Gasteiger partial charge is 0.507 e. The predicted octanol–water partition coefficient (Wildman–Crippen LogP) is 4.74. The Morgan fingerprint density at radius 1 is 1.22 bits per heavy atom. The van der Waals surface area contributed by atoms with Crippen LogP contribution >= 0.6 is 27.5 Å². The van der Waals surface area contributed by atoms with E-state index < -0.39 is 17.7 Å². The summed E-state index contributed by atoms with van der Waals surface area (Å²) in [6, 6.07) is 9.64. The van der Waals surface area contributed by atoms with E-state index in [1.807, 2.05) is 0 Å². The van der Waals surface area contributed by atoms with Crippen LogP contribution in [0.15, 0.2) is 57.0 Å². The highest BCUT2D eigenvalue weighted by Crippen LogP contribution is 2.45. The Morgan fingerprint density at radius 2 is 1.91 bits per heavy atom. The fourth-order valence-electron chi connectivity index (χ4n) is 3.52. The third kappa shape index (κ3) is 3.63. The summed E-state index contributed by atoms with van der Waals surface area (Å²) in [7, 11) is 1.37. The van der Waals surface area contributed by atoms with Crippen molar-refractivity contribution in [2.24, 2.45) is 0 Å². The Balaban J connectivity index is 1.99. The lowest BCUT2D eigenvalue weighted by Crippen LogP contribution is -2.29. The number of ketones is 1. The lowest BCUT2D eigenvalue weighted by Gasteiger charge is -2.23. The number of aryl methyl sites for hydroxylation is 1. The second-order valence-corrected chi connectivity index (χ2v) is 8.32. The molecule has 1 atom stereocenters. The van der Waals surface area contributed by atoms with Gasteiger partial charge in [-0.1, -0.05) is 16.8 Å². The van der Waals surface area contributed by atoms with Crippen molar-refractivity contribution in [1.82, 2.24) is 5.16 Å². The van der Waals surface area contributed by atoms with Crippen LogP contribution in [-0.4, -0.2) is 34.2 Å².